The molecule has 0 saturated heterocycles. The molecule has 5 heteroatoms. The molecule has 67 heavy (non-hydrogen) atoms. The van der Waals surface area contributed by atoms with Gasteiger partial charge in [-0.25, -0.2) is 14.8 Å². The lowest BCUT2D eigenvalue weighted by molar-refractivity contribution is 1.17. The Kier molecular flexibility index (Phi) is 10.4. The van der Waals surface area contributed by atoms with Crippen molar-refractivity contribution < 1.29 is 0 Å². The molecule has 0 fully saturated rings. The van der Waals surface area contributed by atoms with Gasteiger partial charge in [-0.2, -0.15) is 5.26 Å². The maximum absolute atomic E-state index is 9.96. The second-order valence-corrected chi connectivity index (χ2v) is 16.9. The van der Waals surface area contributed by atoms with Crippen LogP contribution in [-0.4, -0.2) is 14.5 Å². The number of hydrogen-bond donors (Lipinski definition) is 0. The molecule has 0 atom stereocenters. The number of benzene rings is 9. The summed E-state index contributed by atoms with van der Waals surface area (Å²) in [5.74, 6) is 0.577. The lowest BCUT2D eigenvalue weighted by Gasteiger charge is -2.21. The number of nitrogens with zero attached hydrogens (tertiary/aromatic N) is 5. The SMILES string of the molecule is [C-]#[N+]c1ccc(-c2cc(-c3nc(-c4ccccc4)cc(-c4ccccc4)n3)cc(-c3ccc(C#N)cc3)c2-n2c3ccc(-c4ccccc4C)cc3c3cc(-c4ccccc4C)ccc32)cc1. The quantitative estimate of drug-likeness (QED) is 0.143. The van der Waals surface area contributed by atoms with Crippen molar-refractivity contribution in [2.45, 2.75) is 13.8 Å². The Hall–Kier alpha value is -9.16. The van der Waals surface area contributed by atoms with Crippen LogP contribution < -0.4 is 0 Å². The molecule has 0 N–H and O–H groups in total. The van der Waals surface area contributed by atoms with Crippen LogP contribution in [0.15, 0.2) is 212 Å². The molecule has 0 spiro atoms. The number of aromatic nitrogens is 3. The fraction of sp³-hybridized carbons (Fsp3) is 0.0323. The summed E-state index contributed by atoms with van der Waals surface area (Å²) in [6, 6.07) is 75.7. The van der Waals surface area contributed by atoms with Crippen LogP contribution >= 0.6 is 0 Å². The molecular weight excluding hydrogens is 815 g/mol. The van der Waals surface area contributed by atoms with Crippen molar-refractivity contribution in [3.05, 3.63) is 240 Å². The van der Waals surface area contributed by atoms with Gasteiger partial charge in [0, 0.05) is 38.6 Å². The van der Waals surface area contributed by atoms with Gasteiger partial charge in [0.1, 0.15) is 0 Å². The Morgan fingerprint density at radius 3 is 1.34 bits per heavy atom. The monoisotopic (exact) mass is 855 g/mol. The van der Waals surface area contributed by atoms with Crippen molar-refractivity contribution in [2.75, 3.05) is 0 Å². The molecule has 0 amide bonds. The third-order valence-electron chi connectivity index (χ3n) is 12.8. The summed E-state index contributed by atoms with van der Waals surface area (Å²) < 4.78 is 2.40. The second-order valence-electron chi connectivity index (χ2n) is 16.9. The van der Waals surface area contributed by atoms with E-state index in [4.69, 9.17) is 16.5 Å². The van der Waals surface area contributed by atoms with Gasteiger partial charge >= 0.3 is 0 Å². The van der Waals surface area contributed by atoms with E-state index in [1.165, 1.54) is 22.3 Å². The van der Waals surface area contributed by atoms with Gasteiger partial charge in [0.05, 0.1) is 46.3 Å². The number of nitriles is 1. The third-order valence-corrected chi connectivity index (χ3v) is 12.8. The van der Waals surface area contributed by atoms with E-state index < -0.39 is 0 Å². The summed E-state index contributed by atoms with van der Waals surface area (Å²) >= 11 is 0. The van der Waals surface area contributed by atoms with Crippen molar-refractivity contribution in [1.82, 2.24) is 14.5 Å². The van der Waals surface area contributed by atoms with Gasteiger partial charge in [-0.1, -0.05) is 158 Å². The maximum atomic E-state index is 9.96. The maximum Gasteiger partial charge on any atom is 0.187 e. The van der Waals surface area contributed by atoms with E-state index in [2.05, 4.69) is 157 Å². The molecule has 0 aliphatic rings. The first-order valence-electron chi connectivity index (χ1n) is 22.3. The lowest BCUT2D eigenvalue weighted by atomic mass is 9.92. The van der Waals surface area contributed by atoms with Crippen LogP contribution in [0.5, 0.6) is 0 Å². The lowest BCUT2D eigenvalue weighted by Crippen LogP contribution is -2.03. The Morgan fingerprint density at radius 1 is 0.433 bits per heavy atom. The van der Waals surface area contributed by atoms with Crippen LogP contribution in [0.25, 0.3) is 111 Å². The molecule has 2 aromatic heterocycles. The Labute approximate surface area is 390 Å². The minimum absolute atomic E-state index is 0.560. The largest absolute Gasteiger partial charge is 0.308 e. The van der Waals surface area contributed by atoms with Gasteiger partial charge in [0.25, 0.3) is 0 Å². The fourth-order valence-corrected chi connectivity index (χ4v) is 9.37. The topological polar surface area (TPSA) is 58.9 Å². The van der Waals surface area contributed by atoms with Gasteiger partial charge in [0.15, 0.2) is 11.5 Å². The average Bonchev–Trinajstić information content (AvgIpc) is 3.71. The van der Waals surface area contributed by atoms with Crippen molar-refractivity contribution in [3.8, 4) is 90.2 Å². The highest BCUT2D eigenvalue weighted by Crippen LogP contribution is 2.46. The number of aryl methyl sites for hydroxylation is 2. The summed E-state index contributed by atoms with van der Waals surface area (Å²) in [7, 11) is 0. The van der Waals surface area contributed by atoms with E-state index in [-0.39, 0.29) is 0 Å². The van der Waals surface area contributed by atoms with Crippen LogP contribution in [0.2, 0.25) is 0 Å². The second kappa shape index (κ2) is 17.1. The molecule has 11 rings (SSSR count). The Bertz CT molecular complexity index is 3520. The van der Waals surface area contributed by atoms with Crippen LogP contribution in [0, 0.1) is 31.8 Å². The third kappa shape index (κ3) is 7.51. The van der Waals surface area contributed by atoms with Crippen molar-refractivity contribution >= 4 is 27.5 Å². The Morgan fingerprint density at radius 2 is 0.881 bits per heavy atom. The first-order valence-corrected chi connectivity index (χ1v) is 22.3. The first kappa shape index (κ1) is 40.6. The molecular formula is C62H41N5. The summed E-state index contributed by atoms with van der Waals surface area (Å²) in [6.07, 6.45) is 0. The summed E-state index contributed by atoms with van der Waals surface area (Å²) in [6.45, 7) is 12.2. The zero-order chi connectivity index (χ0) is 45.4. The van der Waals surface area contributed by atoms with E-state index in [1.807, 2.05) is 84.9 Å². The predicted octanol–water partition coefficient (Wildman–Crippen LogP) is 16.3. The van der Waals surface area contributed by atoms with E-state index in [9.17, 15) is 5.26 Å². The highest BCUT2D eigenvalue weighted by molar-refractivity contribution is 6.13. The van der Waals surface area contributed by atoms with E-state index in [0.717, 1.165) is 89.0 Å². The number of fused-ring (bicyclic) bond motifs is 3. The van der Waals surface area contributed by atoms with Crippen molar-refractivity contribution in [1.29, 1.82) is 5.26 Å². The molecule has 0 radical (unpaired) electrons. The van der Waals surface area contributed by atoms with Gasteiger partial charge in [-0.3, -0.25) is 0 Å². The van der Waals surface area contributed by atoms with Gasteiger partial charge < -0.3 is 4.57 Å². The van der Waals surface area contributed by atoms with Crippen LogP contribution in [0.1, 0.15) is 16.7 Å². The minimum Gasteiger partial charge on any atom is -0.308 e. The molecule has 0 unspecified atom stereocenters. The molecule has 0 aliphatic carbocycles. The van der Waals surface area contributed by atoms with Crippen molar-refractivity contribution in [3.63, 3.8) is 0 Å². The van der Waals surface area contributed by atoms with E-state index in [0.29, 0.717) is 17.1 Å². The smallest absolute Gasteiger partial charge is 0.187 e. The molecule has 5 nitrogen and oxygen atoms in total. The van der Waals surface area contributed by atoms with Gasteiger partial charge in [-0.05, 0) is 113 Å². The number of rotatable bonds is 8. The standard InChI is InChI=1S/C62H41N5/c1-40-14-10-12-20-51(40)47-28-32-59-55(34-47)56-35-48(52-21-13-11-15-41(52)2)29-33-60(56)67(59)61-53(43-24-22-42(39-63)23-25-43)36-49(37-54(61)44-26-30-50(64-3)31-27-44)62-65-57(45-16-6-4-7-17-45)38-58(66-62)46-18-8-5-9-19-46/h4-38H,1-2H3. The van der Waals surface area contributed by atoms with Gasteiger partial charge in [0.2, 0.25) is 0 Å². The Balaban J connectivity index is 1.26. The molecule has 0 aliphatic heterocycles. The molecule has 0 saturated carbocycles. The van der Waals surface area contributed by atoms with Crippen LogP contribution in [-0.2, 0) is 0 Å². The predicted molar refractivity (Wildman–Crippen MR) is 275 cm³/mol. The van der Waals surface area contributed by atoms with Crippen LogP contribution in [0.4, 0.5) is 5.69 Å². The summed E-state index contributed by atoms with van der Waals surface area (Å²) in [5, 5.41) is 12.2. The molecule has 9 aromatic carbocycles. The highest BCUT2D eigenvalue weighted by Gasteiger charge is 2.24. The molecule has 11 aromatic rings. The van der Waals surface area contributed by atoms with E-state index >= 15 is 0 Å². The molecule has 314 valence electrons. The highest BCUT2D eigenvalue weighted by atomic mass is 15.0. The first-order chi connectivity index (χ1) is 32.9. The molecule has 0 bridgehead atoms. The fourth-order valence-electron chi connectivity index (χ4n) is 9.37. The summed E-state index contributed by atoms with van der Waals surface area (Å²) in [5.41, 5.74) is 19.5. The zero-order valence-electron chi connectivity index (χ0n) is 36.9. The molecule has 2 heterocycles. The van der Waals surface area contributed by atoms with Crippen LogP contribution in [0.3, 0.4) is 0 Å². The van der Waals surface area contributed by atoms with Gasteiger partial charge in [-0.15, -0.1) is 0 Å². The summed E-state index contributed by atoms with van der Waals surface area (Å²) in [4.78, 5) is 14.4. The van der Waals surface area contributed by atoms with Crippen molar-refractivity contribution in [2.24, 2.45) is 0 Å². The normalized spacial score (nSPS) is 11.1. The van der Waals surface area contributed by atoms with E-state index in [1.54, 1.807) is 0 Å². The average molecular weight is 856 g/mol. The zero-order valence-corrected chi connectivity index (χ0v) is 36.9. The minimum atomic E-state index is 0.560. The number of hydrogen-bond acceptors (Lipinski definition) is 3.